The summed E-state index contributed by atoms with van der Waals surface area (Å²) in [5.41, 5.74) is 10.7. The molecule has 0 bridgehead atoms. The zero-order valence-electron chi connectivity index (χ0n) is 17.6. The first-order chi connectivity index (χ1) is 12.4. The molecule has 0 aromatic heterocycles. The van der Waals surface area contributed by atoms with Gasteiger partial charge in [-0.05, 0) is 60.8 Å². The maximum Gasteiger partial charge on any atom is 0.206 e. The molecule has 27 heavy (non-hydrogen) atoms. The summed E-state index contributed by atoms with van der Waals surface area (Å²) in [6.45, 7) is 15.3. The summed E-state index contributed by atoms with van der Waals surface area (Å²) in [5, 5.41) is 0. The maximum absolute atomic E-state index is 3.76. The van der Waals surface area contributed by atoms with Crippen LogP contribution in [0.3, 0.4) is 0 Å². The van der Waals surface area contributed by atoms with Crippen LogP contribution in [0.25, 0.3) is 0 Å². The van der Waals surface area contributed by atoms with Crippen LogP contribution in [0.2, 0.25) is 0 Å². The van der Waals surface area contributed by atoms with Crippen LogP contribution in [0.1, 0.15) is 52.6 Å². The molecule has 0 aliphatic carbocycles. The van der Waals surface area contributed by atoms with Crippen molar-refractivity contribution in [3.8, 4) is 0 Å². The van der Waals surface area contributed by atoms with Crippen LogP contribution in [0, 0.1) is 41.5 Å². The molecule has 0 unspecified atom stereocenters. The van der Waals surface area contributed by atoms with E-state index in [4.69, 9.17) is 0 Å². The van der Waals surface area contributed by atoms with Gasteiger partial charge in [0.1, 0.15) is 0 Å². The third kappa shape index (κ3) is 4.88. The van der Waals surface area contributed by atoms with E-state index in [1.54, 1.807) is 0 Å². The fourth-order valence-corrected chi connectivity index (χ4v) is 4.48. The third-order valence-corrected chi connectivity index (χ3v) is 5.32. The van der Waals surface area contributed by atoms with E-state index in [-0.39, 0.29) is 19.5 Å². The van der Waals surface area contributed by atoms with E-state index in [0.29, 0.717) is 0 Å². The van der Waals surface area contributed by atoms with Gasteiger partial charge in [0.15, 0.2) is 0 Å². The minimum absolute atomic E-state index is 0. The molecule has 1 aliphatic rings. The van der Waals surface area contributed by atoms with Crippen molar-refractivity contribution < 1.29 is 24.1 Å². The van der Waals surface area contributed by atoms with E-state index in [1.807, 2.05) is 0 Å². The second-order valence-electron chi connectivity index (χ2n) is 7.96. The van der Waals surface area contributed by atoms with Crippen LogP contribution >= 0.6 is 0 Å². The molecule has 0 N–H and O–H groups in total. The van der Waals surface area contributed by atoms with Crippen molar-refractivity contribution in [2.75, 3.05) is 18.0 Å². The van der Waals surface area contributed by atoms with Gasteiger partial charge in [0.05, 0.1) is 13.1 Å². The Hall–Kier alpha value is -1.47. The fraction of sp³-hybridized carbons (Fsp3) is 0.458. The molecule has 2 aromatic rings. The van der Waals surface area contributed by atoms with Crippen LogP contribution in [0.15, 0.2) is 24.3 Å². The summed E-state index contributed by atoms with van der Waals surface area (Å²) < 4.78 is 2.36. The Morgan fingerprint density at radius 2 is 1.26 bits per heavy atom. The summed E-state index contributed by atoms with van der Waals surface area (Å²) in [7, 11) is 0. The van der Waals surface area contributed by atoms with E-state index in [2.05, 4.69) is 81.6 Å². The normalized spacial score (nSPS) is 14.9. The number of hydrogen-bond donors (Lipinski definition) is 0. The summed E-state index contributed by atoms with van der Waals surface area (Å²) in [4.78, 5) is 2.36. The molecule has 3 heteroatoms. The average Bonchev–Trinajstić information content (AvgIpc) is 2.48. The quantitative estimate of drug-likeness (QED) is 0.319. The van der Waals surface area contributed by atoms with E-state index >= 15 is 0 Å². The number of hydrogen-bond acceptors (Lipinski definition) is 1. The molecule has 2 aromatic carbocycles. The van der Waals surface area contributed by atoms with Gasteiger partial charge in [0.25, 0.3) is 0 Å². The SMILES string of the molecule is Cc1cc(C)c(N2[C-]=[N+](c3c(C)cc(C)cc3C)CCCCC2)c(C)c1.[Rh]. The van der Waals surface area contributed by atoms with Gasteiger partial charge >= 0.3 is 0 Å². The second-order valence-corrected chi connectivity index (χ2v) is 7.96. The van der Waals surface area contributed by atoms with Crippen LogP contribution in [-0.2, 0) is 19.5 Å². The van der Waals surface area contributed by atoms with E-state index < -0.39 is 0 Å². The number of rotatable bonds is 2. The Labute approximate surface area is 178 Å². The Balaban J connectivity index is 0.00000261. The molecule has 147 valence electrons. The van der Waals surface area contributed by atoms with Crippen molar-refractivity contribution in [2.24, 2.45) is 0 Å². The molecule has 1 radical (unpaired) electrons. The van der Waals surface area contributed by atoms with Gasteiger partial charge in [-0.25, -0.2) is 0 Å². The van der Waals surface area contributed by atoms with E-state index in [0.717, 1.165) is 13.1 Å². The van der Waals surface area contributed by atoms with Crippen LogP contribution in [0.4, 0.5) is 11.4 Å². The molecule has 0 amide bonds. The summed E-state index contributed by atoms with van der Waals surface area (Å²) in [6.07, 6.45) is 7.47. The Morgan fingerprint density at radius 1 is 0.741 bits per heavy atom. The number of anilines is 1. The first-order valence-corrected chi connectivity index (χ1v) is 9.84. The van der Waals surface area contributed by atoms with Crippen LogP contribution in [0.5, 0.6) is 0 Å². The van der Waals surface area contributed by atoms with Crippen molar-refractivity contribution in [1.82, 2.24) is 0 Å². The molecule has 2 nitrogen and oxygen atoms in total. The minimum atomic E-state index is 0. The molecular formula is C24H32N2Rh. The van der Waals surface area contributed by atoms with Crippen molar-refractivity contribution in [3.05, 3.63) is 57.6 Å². The second kappa shape index (κ2) is 9.15. The third-order valence-electron chi connectivity index (χ3n) is 5.32. The summed E-state index contributed by atoms with van der Waals surface area (Å²) >= 11 is 0. The van der Waals surface area contributed by atoms with E-state index in [1.165, 1.54) is 64.0 Å². The van der Waals surface area contributed by atoms with Gasteiger partial charge in [-0.15, -0.1) is 0 Å². The van der Waals surface area contributed by atoms with Crippen molar-refractivity contribution in [3.63, 3.8) is 0 Å². The molecule has 0 saturated heterocycles. The van der Waals surface area contributed by atoms with Gasteiger partial charge < -0.3 is 9.48 Å². The fourth-order valence-electron chi connectivity index (χ4n) is 4.48. The summed E-state index contributed by atoms with van der Waals surface area (Å²) in [6, 6.07) is 9.15. The van der Waals surface area contributed by atoms with Crippen molar-refractivity contribution >= 4 is 17.7 Å². The minimum Gasteiger partial charge on any atom is -0.337 e. The van der Waals surface area contributed by atoms with Gasteiger partial charge in [-0.2, -0.15) is 0 Å². The number of benzene rings is 2. The first kappa shape index (κ1) is 21.8. The molecule has 1 heterocycles. The van der Waals surface area contributed by atoms with Gasteiger partial charge in [0.2, 0.25) is 6.34 Å². The predicted molar refractivity (Wildman–Crippen MR) is 112 cm³/mol. The standard InChI is InChI=1S/C24H32N2.Rh/c1-17-12-19(3)23(20(4)13-17)25-10-8-7-9-11-26(16-25)24-21(5)14-18(2)15-22(24)6;/h12-15H,7-11H2,1-6H3;. The molecule has 0 atom stereocenters. The summed E-state index contributed by atoms with van der Waals surface area (Å²) in [5.74, 6) is 0. The molecule has 0 saturated carbocycles. The van der Waals surface area contributed by atoms with Gasteiger partial charge in [-0.1, -0.05) is 57.6 Å². The molecule has 0 spiro atoms. The van der Waals surface area contributed by atoms with Crippen LogP contribution < -0.4 is 4.90 Å². The predicted octanol–water partition coefficient (Wildman–Crippen LogP) is 5.77. The molecular weight excluding hydrogens is 419 g/mol. The maximum atomic E-state index is 3.76. The molecule has 1 aliphatic heterocycles. The number of nitrogens with zero attached hydrogens (tertiary/aromatic N) is 2. The average molecular weight is 451 g/mol. The first-order valence-electron chi connectivity index (χ1n) is 9.84. The Kier molecular flexibility index (Phi) is 7.40. The topological polar surface area (TPSA) is 6.25 Å². The van der Waals surface area contributed by atoms with Gasteiger partial charge in [-0.3, -0.25) is 0 Å². The zero-order chi connectivity index (χ0) is 18.8. The van der Waals surface area contributed by atoms with Crippen molar-refractivity contribution in [1.29, 1.82) is 0 Å². The monoisotopic (exact) mass is 451 g/mol. The Morgan fingerprint density at radius 3 is 1.81 bits per heavy atom. The van der Waals surface area contributed by atoms with Crippen LogP contribution in [-0.4, -0.2) is 24.0 Å². The van der Waals surface area contributed by atoms with Crippen molar-refractivity contribution in [2.45, 2.75) is 60.8 Å². The largest absolute Gasteiger partial charge is 0.337 e. The molecule has 0 fully saturated rings. The number of aryl methyl sites for hydroxylation is 6. The van der Waals surface area contributed by atoms with E-state index in [9.17, 15) is 0 Å². The Bertz CT molecular complexity index is 805. The molecule has 3 rings (SSSR count). The zero-order valence-corrected chi connectivity index (χ0v) is 19.2. The smallest absolute Gasteiger partial charge is 0.206 e. The van der Waals surface area contributed by atoms with Gasteiger partial charge in [0, 0.05) is 30.9 Å².